The number of carbonyl (C=O) groups is 1. The quantitative estimate of drug-likeness (QED) is 0.703. The molecule has 6 nitrogen and oxygen atoms in total. The van der Waals surface area contributed by atoms with Gasteiger partial charge in [-0.25, -0.2) is 14.4 Å². The number of rotatable bonds is 5. The molecule has 3 aromatic rings. The summed E-state index contributed by atoms with van der Waals surface area (Å²) < 4.78 is 19.9. The molecule has 0 aliphatic carbocycles. The number of hydrogen-bond acceptors (Lipinski definition) is 5. The number of primary amides is 1. The van der Waals surface area contributed by atoms with Gasteiger partial charge in [0, 0.05) is 37.5 Å². The van der Waals surface area contributed by atoms with Crippen LogP contribution in [0.2, 0.25) is 0 Å². The molecule has 0 bridgehead atoms. The number of aryl methyl sites for hydroxylation is 1. The van der Waals surface area contributed by atoms with Crippen LogP contribution in [-0.2, 0) is 19.5 Å². The van der Waals surface area contributed by atoms with E-state index >= 15 is 0 Å². The molecule has 0 saturated heterocycles. The lowest BCUT2D eigenvalue weighted by molar-refractivity contribution is 0.0994. The van der Waals surface area contributed by atoms with Crippen molar-refractivity contribution in [1.82, 2.24) is 14.9 Å². The third kappa shape index (κ3) is 4.02. The number of hydrogen-bond donors (Lipinski definition) is 1. The van der Waals surface area contributed by atoms with E-state index in [0.29, 0.717) is 36.5 Å². The van der Waals surface area contributed by atoms with Gasteiger partial charge in [0.05, 0.1) is 12.8 Å². The van der Waals surface area contributed by atoms with Crippen LogP contribution in [0, 0.1) is 12.7 Å². The maximum Gasteiger partial charge on any atom is 0.267 e. The van der Waals surface area contributed by atoms with Gasteiger partial charge in [-0.05, 0) is 53.8 Å². The number of aromatic nitrogens is 2. The Morgan fingerprint density at radius 2 is 2.07 bits per heavy atom. The normalized spacial score (nSPS) is 13.7. The van der Waals surface area contributed by atoms with Crippen molar-refractivity contribution >= 4 is 5.91 Å². The van der Waals surface area contributed by atoms with Gasteiger partial charge >= 0.3 is 0 Å². The maximum atomic E-state index is 14.7. The van der Waals surface area contributed by atoms with Crippen LogP contribution in [0.5, 0.6) is 5.88 Å². The molecule has 3 heterocycles. The second-order valence-electron chi connectivity index (χ2n) is 7.49. The third-order valence-corrected chi connectivity index (χ3v) is 5.34. The second-order valence-corrected chi connectivity index (χ2v) is 7.49. The molecular formula is C23H23FN4O2. The van der Waals surface area contributed by atoms with Gasteiger partial charge in [0.15, 0.2) is 0 Å². The van der Waals surface area contributed by atoms with E-state index in [-0.39, 0.29) is 11.5 Å². The molecule has 1 aromatic carbocycles. The highest BCUT2D eigenvalue weighted by atomic mass is 19.1. The smallest absolute Gasteiger partial charge is 0.267 e. The summed E-state index contributed by atoms with van der Waals surface area (Å²) in [5, 5.41) is 0. The van der Waals surface area contributed by atoms with E-state index in [4.69, 9.17) is 10.5 Å². The highest BCUT2D eigenvalue weighted by molar-refractivity contribution is 5.92. The Balaban J connectivity index is 1.69. The van der Waals surface area contributed by atoms with Crippen LogP contribution in [0.4, 0.5) is 4.39 Å². The molecule has 30 heavy (non-hydrogen) atoms. The van der Waals surface area contributed by atoms with E-state index in [1.807, 2.05) is 25.1 Å². The molecule has 0 fully saturated rings. The number of pyridine rings is 2. The molecule has 0 saturated carbocycles. The van der Waals surface area contributed by atoms with Crippen LogP contribution in [-0.4, -0.2) is 34.4 Å². The monoisotopic (exact) mass is 406 g/mol. The predicted molar refractivity (Wildman–Crippen MR) is 111 cm³/mol. The van der Waals surface area contributed by atoms with E-state index in [9.17, 15) is 9.18 Å². The summed E-state index contributed by atoms with van der Waals surface area (Å²) >= 11 is 0. The summed E-state index contributed by atoms with van der Waals surface area (Å²) in [6.45, 7) is 3.86. The van der Waals surface area contributed by atoms with E-state index in [0.717, 1.165) is 28.9 Å². The summed E-state index contributed by atoms with van der Waals surface area (Å²) in [5.41, 5.74) is 10.5. The number of halogens is 1. The molecule has 0 spiro atoms. The molecule has 1 amide bonds. The summed E-state index contributed by atoms with van der Waals surface area (Å²) in [6.07, 6.45) is 2.42. The number of fused-ring (bicyclic) bond motifs is 1. The molecule has 0 radical (unpaired) electrons. The molecule has 0 unspecified atom stereocenters. The zero-order valence-corrected chi connectivity index (χ0v) is 17.0. The number of nitrogens with zero attached hydrogens (tertiary/aromatic N) is 3. The van der Waals surface area contributed by atoms with Gasteiger partial charge in [0.2, 0.25) is 5.88 Å². The van der Waals surface area contributed by atoms with Crippen molar-refractivity contribution in [2.45, 2.75) is 26.4 Å². The SMILES string of the molecule is COc1cc(CN2CCc3c(-c4ccc(C)cc4F)cc(C(N)=O)nc3C2)ccn1. The lowest BCUT2D eigenvalue weighted by atomic mass is 9.92. The summed E-state index contributed by atoms with van der Waals surface area (Å²) in [5.74, 6) is -0.371. The molecule has 154 valence electrons. The fourth-order valence-electron chi connectivity index (χ4n) is 3.85. The molecule has 7 heteroatoms. The van der Waals surface area contributed by atoms with Crippen molar-refractivity contribution in [3.05, 3.63) is 76.5 Å². The van der Waals surface area contributed by atoms with E-state index < -0.39 is 5.91 Å². The molecule has 0 atom stereocenters. The lowest BCUT2D eigenvalue weighted by Gasteiger charge is -2.30. The zero-order chi connectivity index (χ0) is 21.3. The molecule has 2 N–H and O–H groups in total. The Labute approximate surface area is 174 Å². The fourth-order valence-corrected chi connectivity index (χ4v) is 3.85. The number of ether oxygens (including phenoxy) is 1. The van der Waals surface area contributed by atoms with Crippen LogP contribution in [0.15, 0.2) is 42.6 Å². The zero-order valence-electron chi connectivity index (χ0n) is 17.0. The Kier molecular flexibility index (Phi) is 5.46. The average Bonchev–Trinajstić information content (AvgIpc) is 2.73. The third-order valence-electron chi connectivity index (χ3n) is 5.34. The molecule has 2 aromatic heterocycles. The maximum absolute atomic E-state index is 14.7. The standard InChI is InChI=1S/C23H23FN4O2/c1-14-3-4-16(19(24)9-14)18-11-20(23(25)29)27-21-13-28(8-6-17(18)21)12-15-5-7-26-22(10-15)30-2/h3-5,7,9-11H,6,8,12-13H2,1-2H3,(H2,25,29). The number of nitrogens with two attached hydrogens (primary N) is 1. The number of benzene rings is 1. The minimum absolute atomic E-state index is 0.149. The summed E-state index contributed by atoms with van der Waals surface area (Å²) in [6, 6.07) is 10.6. The lowest BCUT2D eigenvalue weighted by Crippen LogP contribution is -2.32. The number of carbonyl (C=O) groups excluding carboxylic acids is 1. The van der Waals surface area contributed by atoms with Crippen LogP contribution in [0.25, 0.3) is 11.1 Å². The largest absolute Gasteiger partial charge is 0.481 e. The Bertz CT molecular complexity index is 1120. The van der Waals surface area contributed by atoms with Crippen LogP contribution in [0.3, 0.4) is 0 Å². The Morgan fingerprint density at radius 1 is 1.23 bits per heavy atom. The van der Waals surface area contributed by atoms with Crippen LogP contribution < -0.4 is 10.5 Å². The van der Waals surface area contributed by atoms with Crippen molar-refractivity contribution in [2.75, 3.05) is 13.7 Å². The van der Waals surface area contributed by atoms with Crippen molar-refractivity contribution in [3.8, 4) is 17.0 Å². The van der Waals surface area contributed by atoms with Gasteiger partial charge in [-0.15, -0.1) is 0 Å². The summed E-state index contributed by atoms with van der Waals surface area (Å²) in [7, 11) is 1.59. The van der Waals surface area contributed by atoms with Gasteiger partial charge in [-0.3, -0.25) is 9.69 Å². The fraction of sp³-hybridized carbons (Fsp3) is 0.261. The summed E-state index contributed by atoms with van der Waals surface area (Å²) in [4.78, 5) is 22.7. The first-order chi connectivity index (χ1) is 14.4. The van der Waals surface area contributed by atoms with Crippen molar-refractivity contribution in [2.24, 2.45) is 5.73 Å². The van der Waals surface area contributed by atoms with Gasteiger partial charge in [0.1, 0.15) is 11.5 Å². The second kappa shape index (κ2) is 8.20. The molecular weight excluding hydrogens is 383 g/mol. The van der Waals surface area contributed by atoms with Gasteiger partial charge in [-0.2, -0.15) is 0 Å². The topological polar surface area (TPSA) is 81.3 Å². The minimum Gasteiger partial charge on any atom is -0.481 e. The van der Waals surface area contributed by atoms with Gasteiger partial charge < -0.3 is 10.5 Å². The van der Waals surface area contributed by atoms with Gasteiger partial charge in [0.25, 0.3) is 5.91 Å². The highest BCUT2D eigenvalue weighted by Gasteiger charge is 2.24. The number of amides is 1. The first kappa shape index (κ1) is 20.0. The minimum atomic E-state index is -0.623. The average molecular weight is 406 g/mol. The van der Waals surface area contributed by atoms with E-state index in [1.165, 1.54) is 6.07 Å². The molecule has 1 aliphatic rings. The predicted octanol–water partition coefficient (Wildman–Crippen LogP) is 3.26. The Morgan fingerprint density at radius 3 is 2.80 bits per heavy atom. The number of methoxy groups -OCH3 is 1. The van der Waals surface area contributed by atoms with Crippen molar-refractivity contribution in [3.63, 3.8) is 0 Å². The molecule has 4 rings (SSSR count). The first-order valence-corrected chi connectivity index (χ1v) is 9.75. The van der Waals surface area contributed by atoms with Crippen molar-refractivity contribution < 1.29 is 13.9 Å². The first-order valence-electron chi connectivity index (χ1n) is 9.75. The van der Waals surface area contributed by atoms with E-state index in [2.05, 4.69) is 14.9 Å². The van der Waals surface area contributed by atoms with E-state index in [1.54, 1.807) is 25.4 Å². The van der Waals surface area contributed by atoms with Gasteiger partial charge in [-0.1, -0.05) is 12.1 Å². The van der Waals surface area contributed by atoms with Crippen LogP contribution >= 0.6 is 0 Å². The Hall–Kier alpha value is -3.32. The van der Waals surface area contributed by atoms with Crippen LogP contribution in [0.1, 0.15) is 32.9 Å². The highest BCUT2D eigenvalue weighted by Crippen LogP contribution is 2.32. The molecule has 1 aliphatic heterocycles. The van der Waals surface area contributed by atoms with Crippen molar-refractivity contribution in [1.29, 1.82) is 0 Å².